The highest BCUT2D eigenvalue weighted by molar-refractivity contribution is 6.00. The van der Waals surface area contributed by atoms with E-state index in [-0.39, 0.29) is 18.7 Å². The lowest BCUT2D eigenvalue weighted by Crippen LogP contribution is -2.29. The van der Waals surface area contributed by atoms with Gasteiger partial charge in [-0.25, -0.2) is 0 Å². The summed E-state index contributed by atoms with van der Waals surface area (Å²) >= 11 is 0. The fourth-order valence-electron chi connectivity index (χ4n) is 4.85. The Morgan fingerprint density at radius 1 is 1.00 bits per heavy atom. The second-order valence-corrected chi connectivity index (χ2v) is 8.71. The number of aryl methyl sites for hydroxylation is 1. The van der Waals surface area contributed by atoms with Crippen molar-refractivity contribution in [3.8, 4) is 28.5 Å². The quantitative estimate of drug-likeness (QED) is 0.426. The van der Waals surface area contributed by atoms with E-state index in [1.807, 2.05) is 47.4 Å². The number of amides is 1. The number of fused-ring (bicyclic) bond motifs is 2. The number of nitrogens with zero attached hydrogens (tertiary/aromatic N) is 2. The highest BCUT2D eigenvalue weighted by atomic mass is 16.7. The van der Waals surface area contributed by atoms with Gasteiger partial charge in [-0.1, -0.05) is 37.3 Å². The van der Waals surface area contributed by atoms with Crippen LogP contribution in [0.25, 0.3) is 11.3 Å². The maximum Gasteiger partial charge on any atom is 0.273 e. The van der Waals surface area contributed by atoms with Crippen molar-refractivity contribution >= 4 is 5.91 Å². The van der Waals surface area contributed by atoms with Gasteiger partial charge in [0.25, 0.3) is 5.91 Å². The Labute approximate surface area is 203 Å². The summed E-state index contributed by atoms with van der Waals surface area (Å²) in [5.74, 6) is 2.13. The number of H-pyrrole nitrogens is 1. The van der Waals surface area contributed by atoms with Crippen molar-refractivity contribution in [3.05, 3.63) is 94.7 Å². The van der Waals surface area contributed by atoms with E-state index in [2.05, 4.69) is 41.4 Å². The first-order chi connectivity index (χ1) is 17.2. The number of hydrogen-bond acceptors (Lipinski definition) is 5. The summed E-state index contributed by atoms with van der Waals surface area (Å²) in [6, 6.07) is 21.8. The Morgan fingerprint density at radius 3 is 2.49 bits per heavy atom. The number of benzene rings is 3. The van der Waals surface area contributed by atoms with Crippen LogP contribution in [-0.2, 0) is 13.0 Å². The highest BCUT2D eigenvalue weighted by Crippen LogP contribution is 2.44. The minimum absolute atomic E-state index is 0.0745. The van der Waals surface area contributed by atoms with Crippen LogP contribution in [0.5, 0.6) is 17.2 Å². The molecule has 0 bridgehead atoms. The molecule has 1 unspecified atom stereocenters. The molecule has 1 amide bonds. The summed E-state index contributed by atoms with van der Waals surface area (Å²) in [6.45, 7) is 2.78. The maximum atomic E-state index is 13.7. The molecule has 3 aromatic carbocycles. The van der Waals surface area contributed by atoms with Crippen molar-refractivity contribution in [1.82, 2.24) is 15.1 Å². The lowest BCUT2D eigenvalue weighted by molar-refractivity contribution is 0.0730. The average molecular weight is 468 g/mol. The minimum atomic E-state index is -0.273. The summed E-state index contributed by atoms with van der Waals surface area (Å²) in [5.41, 5.74) is 6.40. The van der Waals surface area contributed by atoms with Gasteiger partial charge in [0.1, 0.15) is 11.4 Å². The Morgan fingerprint density at radius 2 is 1.74 bits per heavy atom. The fourth-order valence-corrected chi connectivity index (χ4v) is 4.85. The van der Waals surface area contributed by atoms with Crippen LogP contribution < -0.4 is 14.2 Å². The standard InChI is InChI=1S/C28H25N3O4/c1-3-17-4-7-20(8-5-17)27-24-25(19-9-11-21(33-2)12-10-19)29-30-26(24)28(32)31(27)15-18-6-13-22-23(14-18)35-16-34-22/h4-14,27H,3,15-16H2,1-2H3,(H,29,30). The molecule has 2 aliphatic heterocycles. The van der Waals surface area contributed by atoms with Crippen LogP contribution in [-0.4, -0.2) is 34.9 Å². The average Bonchev–Trinajstić information content (AvgIpc) is 3.61. The number of aromatic amines is 1. The topological polar surface area (TPSA) is 76.7 Å². The van der Waals surface area contributed by atoms with Gasteiger partial charge in [0, 0.05) is 17.7 Å². The molecule has 6 rings (SSSR count). The monoisotopic (exact) mass is 467 g/mol. The van der Waals surface area contributed by atoms with Crippen molar-refractivity contribution in [1.29, 1.82) is 0 Å². The van der Waals surface area contributed by atoms with E-state index in [0.717, 1.165) is 45.9 Å². The zero-order valence-electron chi connectivity index (χ0n) is 19.6. The fraction of sp³-hybridized carbons (Fsp3) is 0.214. The first-order valence-corrected chi connectivity index (χ1v) is 11.7. The van der Waals surface area contributed by atoms with E-state index >= 15 is 0 Å². The van der Waals surface area contributed by atoms with Crippen LogP contribution in [0, 0.1) is 0 Å². The Balaban J connectivity index is 1.43. The largest absolute Gasteiger partial charge is 0.497 e. The van der Waals surface area contributed by atoms with Gasteiger partial charge in [-0.05, 0) is 59.5 Å². The van der Waals surface area contributed by atoms with Gasteiger partial charge < -0.3 is 19.1 Å². The first kappa shape index (κ1) is 21.3. The zero-order chi connectivity index (χ0) is 23.9. The van der Waals surface area contributed by atoms with Crippen molar-refractivity contribution in [2.24, 2.45) is 0 Å². The van der Waals surface area contributed by atoms with E-state index < -0.39 is 0 Å². The lowest BCUT2D eigenvalue weighted by Gasteiger charge is -2.27. The van der Waals surface area contributed by atoms with Gasteiger partial charge in [0.2, 0.25) is 6.79 Å². The molecule has 0 radical (unpaired) electrons. The number of rotatable bonds is 6. The molecule has 7 heteroatoms. The van der Waals surface area contributed by atoms with Crippen molar-refractivity contribution in [2.75, 3.05) is 13.9 Å². The molecule has 1 aromatic heterocycles. The third kappa shape index (κ3) is 3.60. The molecule has 35 heavy (non-hydrogen) atoms. The van der Waals surface area contributed by atoms with Crippen molar-refractivity contribution < 1.29 is 19.0 Å². The smallest absolute Gasteiger partial charge is 0.273 e. The zero-order valence-corrected chi connectivity index (χ0v) is 19.6. The third-order valence-corrected chi connectivity index (χ3v) is 6.72. The van der Waals surface area contributed by atoms with Gasteiger partial charge in [-0.15, -0.1) is 0 Å². The number of carbonyl (C=O) groups is 1. The highest BCUT2D eigenvalue weighted by Gasteiger charge is 2.42. The van der Waals surface area contributed by atoms with Crippen LogP contribution in [0.15, 0.2) is 66.7 Å². The summed E-state index contributed by atoms with van der Waals surface area (Å²) in [7, 11) is 1.64. The Bertz CT molecular complexity index is 1390. The van der Waals surface area contributed by atoms with E-state index in [4.69, 9.17) is 14.2 Å². The molecule has 2 aliphatic rings. The molecule has 176 valence electrons. The first-order valence-electron chi connectivity index (χ1n) is 11.7. The molecular weight excluding hydrogens is 442 g/mol. The van der Waals surface area contributed by atoms with E-state index in [1.54, 1.807) is 7.11 Å². The van der Waals surface area contributed by atoms with Crippen LogP contribution in [0.1, 0.15) is 45.7 Å². The summed E-state index contributed by atoms with van der Waals surface area (Å²) in [6.07, 6.45) is 0.957. The van der Waals surface area contributed by atoms with Gasteiger partial charge in [0.15, 0.2) is 11.5 Å². The van der Waals surface area contributed by atoms with Gasteiger partial charge in [0.05, 0.1) is 18.8 Å². The predicted octanol–water partition coefficient (Wildman–Crippen LogP) is 5.12. The van der Waals surface area contributed by atoms with Crippen LogP contribution in [0.4, 0.5) is 0 Å². The molecular formula is C28H25N3O4. The second kappa shape index (κ2) is 8.51. The second-order valence-electron chi connectivity index (χ2n) is 8.71. The predicted molar refractivity (Wildman–Crippen MR) is 131 cm³/mol. The third-order valence-electron chi connectivity index (χ3n) is 6.72. The molecule has 0 aliphatic carbocycles. The van der Waals surface area contributed by atoms with Gasteiger partial charge in [-0.2, -0.15) is 5.10 Å². The minimum Gasteiger partial charge on any atom is -0.497 e. The molecule has 0 spiro atoms. The molecule has 1 atom stereocenters. The van der Waals surface area contributed by atoms with Crippen LogP contribution in [0.3, 0.4) is 0 Å². The Hall–Kier alpha value is -4.26. The molecule has 0 fully saturated rings. The normalized spacial score (nSPS) is 16.0. The molecule has 7 nitrogen and oxygen atoms in total. The number of carbonyl (C=O) groups excluding carboxylic acids is 1. The number of methoxy groups -OCH3 is 1. The van der Waals surface area contributed by atoms with Crippen molar-refractivity contribution in [2.45, 2.75) is 25.9 Å². The Kier molecular flexibility index (Phi) is 5.17. The van der Waals surface area contributed by atoms with E-state index in [1.165, 1.54) is 5.56 Å². The summed E-state index contributed by atoms with van der Waals surface area (Å²) < 4.78 is 16.3. The summed E-state index contributed by atoms with van der Waals surface area (Å²) in [5, 5.41) is 7.59. The molecule has 3 heterocycles. The lowest BCUT2D eigenvalue weighted by atomic mass is 9.95. The number of aromatic nitrogens is 2. The van der Waals surface area contributed by atoms with Gasteiger partial charge >= 0.3 is 0 Å². The SMILES string of the molecule is CCc1ccc(C2c3c(-c4ccc(OC)cc4)n[nH]c3C(=O)N2Cc2ccc3c(c2)OCO3)cc1. The summed E-state index contributed by atoms with van der Waals surface area (Å²) in [4.78, 5) is 15.6. The maximum absolute atomic E-state index is 13.7. The van der Waals surface area contributed by atoms with E-state index in [9.17, 15) is 4.79 Å². The van der Waals surface area contributed by atoms with Crippen LogP contribution >= 0.6 is 0 Å². The molecule has 0 saturated heterocycles. The van der Waals surface area contributed by atoms with Gasteiger partial charge in [-0.3, -0.25) is 9.89 Å². The number of hydrogen-bond donors (Lipinski definition) is 1. The van der Waals surface area contributed by atoms with E-state index in [0.29, 0.717) is 18.0 Å². The van der Waals surface area contributed by atoms with Crippen molar-refractivity contribution in [3.63, 3.8) is 0 Å². The molecule has 0 saturated carbocycles. The number of nitrogens with one attached hydrogen (secondary N) is 1. The number of ether oxygens (including phenoxy) is 3. The molecule has 4 aromatic rings. The molecule has 1 N–H and O–H groups in total. The van der Waals surface area contributed by atoms with Crippen LogP contribution in [0.2, 0.25) is 0 Å².